The molecular formula is C36H32O2. The van der Waals surface area contributed by atoms with Crippen LogP contribution in [0, 0.1) is 0 Å². The van der Waals surface area contributed by atoms with Crippen LogP contribution in [0.15, 0.2) is 97.1 Å². The highest BCUT2D eigenvalue weighted by atomic mass is 16.5. The number of hydrogen-bond acceptors (Lipinski definition) is 2. The maximum absolute atomic E-state index is 6.27. The molecule has 0 spiro atoms. The monoisotopic (exact) mass is 496 g/mol. The van der Waals surface area contributed by atoms with Gasteiger partial charge in [-0.1, -0.05) is 111 Å². The highest BCUT2D eigenvalue weighted by Crippen LogP contribution is 2.53. The van der Waals surface area contributed by atoms with Gasteiger partial charge in [0, 0.05) is 32.7 Å². The minimum atomic E-state index is 0.878. The van der Waals surface area contributed by atoms with Crippen LogP contribution < -0.4 is 9.47 Å². The summed E-state index contributed by atoms with van der Waals surface area (Å²) in [4.78, 5) is 0. The molecule has 0 amide bonds. The zero-order valence-electron chi connectivity index (χ0n) is 22.5. The molecule has 0 saturated heterocycles. The molecule has 0 saturated carbocycles. The maximum atomic E-state index is 6.27. The van der Waals surface area contributed by atoms with Crippen molar-refractivity contribution in [2.45, 2.75) is 26.7 Å². The molecule has 0 bridgehead atoms. The maximum Gasteiger partial charge on any atom is 0.135 e. The van der Waals surface area contributed by atoms with Crippen LogP contribution in [0.25, 0.3) is 54.6 Å². The van der Waals surface area contributed by atoms with E-state index in [9.17, 15) is 0 Å². The molecule has 6 aromatic carbocycles. The molecule has 0 heterocycles. The van der Waals surface area contributed by atoms with Gasteiger partial charge < -0.3 is 9.47 Å². The third-order valence-electron chi connectivity index (χ3n) is 7.80. The highest BCUT2D eigenvalue weighted by Gasteiger charge is 2.25. The van der Waals surface area contributed by atoms with E-state index in [2.05, 4.69) is 111 Å². The van der Waals surface area contributed by atoms with Crippen molar-refractivity contribution in [1.82, 2.24) is 0 Å². The number of benzene rings is 6. The van der Waals surface area contributed by atoms with Crippen LogP contribution in [-0.4, -0.2) is 14.2 Å². The molecule has 0 aromatic heterocycles. The van der Waals surface area contributed by atoms with Gasteiger partial charge in [-0.2, -0.15) is 0 Å². The van der Waals surface area contributed by atoms with E-state index >= 15 is 0 Å². The average Bonchev–Trinajstić information content (AvgIpc) is 2.99. The molecule has 188 valence electrons. The Morgan fingerprint density at radius 2 is 0.789 bits per heavy atom. The van der Waals surface area contributed by atoms with E-state index in [0.29, 0.717) is 0 Å². The normalized spacial score (nSPS) is 11.4. The van der Waals surface area contributed by atoms with Crippen LogP contribution in [0.4, 0.5) is 0 Å². The van der Waals surface area contributed by atoms with E-state index in [0.717, 1.165) is 45.9 Å². The quantitative estimate of drug-likeness (QED) is 0.214. The van der Waals surface area contributed by atoms with E-state index in [1.807, 2.05) is 0 Å². The number of ether oxygens (including phenoxy) is 2. The Morgan fingerprint density at radius 1 is 0.447 bits per heavy atom. The molecule has 2 nitrogen and oxygen atoms in total. The largest absolute Gasteiger partial charge is 0.495 e. The second kappa shape index (κ2) is 9.87. The van der Waals surface area contributed by atoms with E-state index in [4.69, 9.17) is 9.47 Å². The van der Waals surface area contributed by atoms with Crippen LogP contribution in [0.3, 0.4) is 0 Å². The summed E-state index contributed by atoms with van der Waals surface area (Å²) in [7, 11) is 3.56. The van der Waals surface area contributed by atoms with Crippen LogP contribution >= 0.6 is 0 Å². The van der Waals surface area contributed by atoms with Gasteiger partial charge in [-0.05, 0) is 45.9 Å². The van der Waals surface area contributed by atoms with Crippen molar-refractivity contribution < 1.29 is 9.47 Å². The minimum Gasteiger partial charge on any atom is -0.495 e. The third kappa shape index (κ3) is 3.71. The summed E-state index contributed by atoms with van der Waals surface area (Å²) in [6.45, 7) is 4.39. The number of fused-ring (bicyclic) bond motifs is 3. The summed E-state index contributed by atoms with van der Waals surface area (Å²) in [5.41, 5.74) is 7.34. The SMILES string of the molecule is CCc1ccc(-c2c3ccccc3c(-c3ccc(CC)cc3)c3c(OC)c4ccccc4c(OC)c23)cc1. The minimum absolute atomic E-state index is 0.878. The van der Waals surface area contributed by atoms with Crippen molar-refractivity contribution in [3.05, 3.63) is 108 Å². The third-order valence-corrected chi connectivity index (χ3v) is 7.80. The second-order valence-electron chi connectivity index (χ2n) is 9.76. The molecule has 0 unspecified atom stereocenters. The zero-order chi connectivity index (χ0) is 26.2. The van der Waals surface area contributed by atoms with Crippen LogP contribution in [-0.2, 0) is 12.8 Å². The summed E-state index contributed by atoms with van der Waals surface area (Å²) in [5, 5.41) is 6.67. The average molecular weight is 497 g/mol. The predicted molar refractivity (Wildman–Crippen MR) is 162 cm³/mol. The van der Waals surface area contributed by atoms with Gasteiger partial charge in [-0.3, -0.25) is 0 Å². The van der Waals surface area contributed by atoms with Gasteiger partial charge in [0.25, 0.3) is 0 Å². The Balaban J connectivity index is 1.91. The predicted octanol–water partition coefficient (Wildman–Crippen LogP) is 9.62. The lowest BCUT2D eigenvalue weighted by molar-refractivity contribution is 0.418. The molecule has 0 fully saturated rings. The topological polar surface area (TPSA) is 18.5 Å². The molecule has 6 rings (SSSR count). The van der Waals surface area contributed by atoms with Gasteiger partial charge in [0.05, 0.1) is 14.2 Å². The molecule has 6 aromatic rings. The number of methoxy groups -OCH3 is 2. The van der Waals surface area contributed by atoms with Crippen molar-refractivity contribution in [3.63, 3.8) is 0 Å². The fraction of sp³-hybridized carbons (Fsp3) is 0.167. The lowest BCUT2D eigenvalue weighted by Gasteiger charge is -2.23. The molecule has 2 heteroatoms. The first-order valence-electron chi connectivity index (χ1n) is 13.4. The van der Waals surface area contributed by atoms with Gasteiger partial charge >= 0.3 is 0 Å². The Labute approximate surface area is 224 Å². The van der Waals surface area contributed by atoms with Crippen LogP contribution in [0.1, 0.15) is 25.0 Å². The first kappa shape index (κ1) is 24.1. The first-order chi connectivity index (χ1) is 18.7. The van der Waals surface area contributed by atoms with Crippen molar-refractivity contribution in [2.24, 2.45) is 0 Å². The van der Waals surface area contributed by atoms with Gasteiger partial charge in [0.2, 0.25) is 0 Å². The summed E-state index contributed by atoms with van der Waals surface area (Å²) in [5.74, 6) is 1.76. The molecule has 0 N–H and O–H groups in total. The lowest BCUT2D eigenvalue weighted by atomic mass is 9.83. The first-order valence-corrected chi connectivity index (χ1v) is 13.4. The summed E-state index contributed by atoms with van der Waals surface area (Å²) < 4.78 is 12.5. The lowest BCUT2D eigenvalue weighted by Crippen LogP contribution is -1.98. The number of rotatable bonds is 6. The molecule has 0 aliphatic carbocycles. The van der Waals surface area contributed by atoms with E-state index in [1.165, 1.54) is 44.2 Å². The van der Waals surface area contributed by atoms with Crippen molar-refractivity contribution in [2.75, 3.05) is 14.2 Å². The standard InChI is InChI=1S/C36H32O2/c1-5-23-15-19-25(20-16-23)31-27-11-7-8-12-28(27)32(26-21-17-24(6-2)18-22-26)34-33(31)35(37-3)29-13-9-10-14-30(29)36(34)38-4/h7-22H,5-6H2,1-4H3. The van der Waals surface area contributed by atoms with Crippen LogP contribution in [0.2, 0.25) is 0 Å². The Kier molecular flexibility index (Phi) is 6.25. The Hall–Kier alpha value is -4.30. The second-order valence-corrected chi connectivity index (χ2v) is 9.76. The van der Waals surface area contributed by atoms with Gasteiger partial charge in [-0.25, -0.2) is 0 Å². The van der Waals surface area contributed by atoms with Gasteiger partial charge in [0.1, 0.15) is 11.5 Å². The van der Waals surface area contributed by atoms with Crippen molar-refractivity contribution >= 4 is 32.3 Å². The number of aryl methyl sites for hydroxylation is 2. The smallest absolute Gasteiger partial charge is 0.135 e. The molecule has 38 heavy (non-hydrogen) atoms. The van der Waals surface area contributed by atoms with Gasteiger partial charge in [-0.15, -0.1) is 0 Å². The van der Waals surface area contributed by atoms with E-state index < -0.39 is 0 Å². The van der Waals surface area contributed by atoms with Crippen LogP contribution in [0.5, 0.6) is 11.5 Å². The van der Waals surface area contributed by atoms with E-state index in [-0.39, 0.29) is 0 Å². The Bertz CT molecular complexity index is 1650. The molecule has 0 aliphatic heterocycles. The van der Waals surface area contributed by atoms with Crippen molar-refractivity contribution in [1.29, 1.82) is 0 Å². The highest BCUT2D eigenvalue weighted by molar-refractivity contribution is 6.28. The summed E-state index contributed by atoms with van der Waals surface area (Å²) >= 11 is 0. The zero-order valence-corrected chi connectivity index (χ0v) is 22.5. The van der Waals surface area contributed by atoms with Crippen molar-refractivity contribution in [3.8, 4) is 33.8 Å². The summed E-state index contributed by atoms with van der Waals surface area (Å²) in [6, 6.07) is 35.1. The summed E-state index contributed by atoms with van der Waals surface area (Å²) in [6.07, 6.45) is 2.02. The molecular weight excluding hydrogens is 464 g/mol. The number of hydrogen-bond donors (Lipinski definition) is 0. The van der Waals surface area contributed by atoms with Gasteiger partial charge in [0.15, 0.2) is 0 Å². The molecule has 0 aliphatic rings. The molecule has 0 atom stereocenters. The fourth-order valence-electron chi connectivity index (χ4n) is 5.88. The van der Waals surface area contributed by atoms with E-state index in [1.54, 1.807) is 14.2 Å². The Morgan fingerprint density at radius 3 is 1.11 bits per heavy atom. The molecule has 0 radical (unpaired) electrons. The fourth-order valence-corrected chi connectivity index (χ4v) is 5.88.